The molecular formula is C18H22ClN5O. The summed E-state index contributed by atoms with van der Waals surface area (Å²) in [5.41, 5.74) is 1.87. The fourth-order valence-electron chi connectivity index (χ4n) is 2.82. The van der Waals surface area contributed by atoms with E-state index in [1.165, 1.54) is 0 Å². The number of anilines is 2. The van der Waals surface area contributed by atoms with Gasteiger partial charge in [0.15, 0.2) is 0 Å². The first kappa shape index (κ1) is 17.6. The van der Waals surface area contributed by atoms with Crippen LogP contribution in [0.3, 0.4) is 0 Å². The normalized spacial score (nSPS) is 15.2. The first-order chi connectivity index (χ1) is 12.1. The summed E-state index contributed by atoms with van der Waals surface area (Å²) in [6.45, 7) is 8.79. The number of benzene rings is 1. The van der Waals surface area contributed by atoms with Crippen LogP contribution in [0.5, 0.6) is 0 Å². The van der Waals surface area contributed by atoms with E-state index in [2.05, 4.69) is 32.0 Å². The third-order valence-electron chi connectivity index (χ3n) is 4.49. The Morgan fingerprint density at radius 2 is 2.00 bits per heavy atom. The van der Waals surface area contributed by atoms with E-state index in [4.69, 9.17) is 11.6 Å². The van der Waals surface area contributed by atoms with E-state index < -0.39 is 0 Å². The summed E-state index contributed by atoms with van der Waals surface area (Å²) < 4.78 is 0. The number of amides is 1. The van der Waals surface area contributed by atoms with Crippen molar-refractivity contribution in [3.8, 4) is 0 Å². The number of carbonyl (C=O) groups is 1. The maximum absolute atomic E-state index is 12.5. The highest BCUT2D eigenvalue weighted by Crippen LogP contribution is 2.23. The molecule has 0 aliphatic carbocycles. The van der Waals surface area contributed by atoms with Crippen LogP contribution in [0, 0.1) is 6.92 Å². The Morgan fingerprint density at radius 1 is 1.24 bits per heavy atom. The molecule has 132 valence electrons. The van der Waals surface area contributed by atoms with Crippen LogP contribution >= 0.6 is 11.6 Å². The van der Waals surface area contributed by atoms with Crippen LogP contribution in [0.15, 0.2) is 30.5 Å². The molecule has 1 amide bonds. The Labute approximate surface area is 152 Å². The van der Waals surface area contributed by atoms with Crippen LogP contribution in [-0.2, 0) is 0 Å². The van der Waals surface area contributed by atoms with Crippen LogP contribution in [0.4, 0.5) is 11.6 Å². The zero-order valence-corrected chi connectivity index (χ0v) is 15.3. The van der Waals surface area contributed by atoms with Gasteiger partial charge in [0.05, 0.1) is 0 Å². The molecule has 0 bridgehead atoms. The minimum atomic E-state index is -0.263. The topological polar surface area (TPSA) is 61.4 Å². The van der Waals surface area contributed by atoms with Crippen molar-refractivity contribution in [3.05, 3.63) is 46.7 Å². The van der Waals surface area contributed by atoms with Crippen molar-refractivity contribution in [2.24, 2.45) is 0 Å². The predicted molar refractivity (Wildman–Crippen MR) is 101 cm³/mol. The van der Waals surface area contributed by atoms with Gasteiger partial charge in [-0.15, -0.1) is 0 Å². The molecule has 0 unspecified atom stereocenters. The monoisotopic (exact) mass is 359 g/mol. The van der Waals surface area contributed by atoms with Gasteiger partial charge in [0.1, 0.15) is 5.69 Å². The number of aromatic nitrogens is 2. The Bertz CT molecular complexity index is 759. The van der Waals surface area contributed by atoms with Gasteiger partial charge in [-0.25, -0.2) is 9.97 Å². The van der Waals surface area contributed by atoms with Gasteiger partial charge in [-0.05, 0) is 37.2 Å². The van der Waals surface area contributed by atoms with Crippen LogP contribution in [0.25, 0.3) is 0 Å². The molecule has 6 nitrogen and oxygen atoms in total. The number of hydrogen-bond donors (Lipinski definition) is 1. The lowest BCUT2D eigenvalue weighted by molar-refractivity contribution is 0.102. The molecule has 1 fully saturated rings. The summed E-state index contributed by atoms with van der Waals surface area (Å²) in [5.74, 6) is 0.340. The van der Waals surface area contributed by atoms with E-state index in [1.807, 2.05) is 19.1 Å². The number of likely N-dealkylation sites (N-methyl/N-ethyl adjacent to an activating group) is 1. The first-order valence-corrected chi connectivity index (χ1v) is 8.83. The van der Waals surface area contributed by atoms with E-state index >= 15 is 0 Å². The maximum atomic E-state index is 12.5. The molecule has 1 aliphatic rings. The van der Waals surface area contributed by atoms with Gasteiger partial charge < -0.3 is 15.1 Å². The molecule has 1 aromatic heterocycles. The molecule has 2 heterocycles. The number of nitrogens with zero attached hydrogens (tertiary/aromatic N) is 4. The third-order valence-corrected chi connectivity index (χ3v) is 4.90. The smallest absolute Gasteiger partial charge is 0.274 e. The number of hydrogen-bond acceptors (Lipinski definition) is 5. The van der Waals surface area contributed by atoms with Crippen molar-refractivity contribution in [3.63, 3.8) is 0 Å². The lowest BCUT2D eigenvalue weighted by Crippen LogP contribution is -2.46. The number of piperazine rings is 1. The minimum absolute atomic E-state index is 0.263. The second kappa shape index (κ2) is 7.80. The maximum Gasteiger partial charge on any atom is 0.274 e. The van der Waals surface area contributed by atoms with E-state index in [0.29, 0.717) is 22.4 Å². The summed E-state index contributed by atoms with van der Waals surface area (Å²) in [7, 11) is 0. The highest BCUT2D eigenvalue weighted by Gasteiger charge is 2.19. The molecule has 1 aliphatic heterocycles. The van der Waals surface area contributed by atoms with Crippen molar-refractivity contribution in [2.75, 3.05) is 42.9 Å². The second-order valence-electron chi connectivity index (χ2n) is 6.03. The lowest BCUT2D eigenvalue weighted by atomic mass is 10.2. The van der Waals surface area contributed by atoms with Gasteiger partial charge in [0.2, 0.25) is 5.95 Å². The highest BCUT2D eigenvalue weighted by atomic mass is 35.5. The summed E-state index contributed by atoms with van der Waals surface area (Å²) in [6, 6.07) is 7.06. The average Bonchev–Trinajstić information content (AvgIpc) is 2.65. The van der Waals surface area contributed by atoms with Crippen LogP contribution in [0.2, 0.25) is 5.02 Å². The van der Waals surface area contributed by atoms with Crippen LogP contribution < -0.4 is 10.2 Å². The zero-order valence-electron chi connectivity index (χ0n) is 14.5. The van der Waals surface area contributed by atoms with Crippen molar-refractivity contribution < 1.29 is 4.79 Å². The number of carbonyl (C=O) groups excluding carboxylic acids is 1. The fourth-order valence-corrected chi connectivity index (χ4v) is 3.00. The molecule has 3 rings (SSSR count). The molecule has 0 spiro atoms. The van der Waals surface area contributed by atoms with Crippen LogP contribution in [0.1, 0.15) is 23.0 Å². The molecule has 0 radical (unpaired) electrons. The third kappa shape index (κ3) is 4.08. The van der Waals surface area contributed by atoms with Gasteiger partial charge in [-0.1, -0.05) is 24.6 Å². The van der Waals surface area contributed by atoms with Gasteiger partial charge in [0.25, 0.3) is 5.91 Å². The second-order valence-corrected chi connectivity index (χ2v) is 6.44. The zero-order chi connectivity index (χ0) is 17.8. The van der Waals surface area contributed by atoms with Crippen LogP contribution in [-0.4, -0.2) is 53.5 Å². The molecule has 7 heteroatoms. The van der Waals surface area contributed by atoms with Crippen molar-refractivity contribution in [1.29, 1.82) is 0 Å². The molecule has 0 saturated carbocycles. The number of nitrogens with one attached hydrogen (secondary N) is 1. The van der Waals surface area contributed by atoms with Crippen molar-refractivity contribution >= 4 is 29.1 Å². The largest absolute Gasteiger partial charge is 0.338 e. The number of halogens is 1. The van der Waals surface area contributed by atoms with Gasteiger partial charge in [-0.2, -0.15) is 0 Å². The first-order valence-electron chi connectivity index (χ1n) is 8.45. The molecular weight excluding hydrogens is 338 g/mol. The van der Waals surface area contributed by atoms with E-state index in [0.717, 1.165) is 38.3 Å². The molecule has 1 N–H and O–H groups in total. The quantitative estimate of drug-likeness (QED) is 0.909. The summed E-state index contributed by atoms with van der Waals surface area (Å²) in [5, 5.41) is 3.49. The average molecular weight is 360 g/mol. The summed E-state index contributed by atoms with van der Waals surface area (Å²) in [6.07, 6.45) is 1.63. The molecule has 0 atom stereocenters. The van der Waals surface area contributed by atoms with E-state index in [-0.39, 0.29) is 5.91 Å². The lowest BCUT2D eigenvalue weighted by Gasteiger charge is -2.34. The van der Waals surface area contributed by atoms with E-state index in [1.54, 1.807) is 18.3 Å². The summed E-state index contributed by atoms with van der Waals surface area (Å²) in [4.78, 5) is 25.8. The van der Waals surface area contributed by atoms with Gasteiger partial charge >= 0.3 is 0 Å². The highest BCUT2D eigenvalue weighted by molar-refractivity contribution is 6.31. The molecule has 1 saturated heterocycles. The molecule has 2 aromatic rings. The van der Waals surface area contributed by atoms with Gasteiger partial charge in [-0.3, -0.25) is 4.79 Å². The van der Waals surface area contributed by atoms with Gasteiger partial charge in [0, 0.05) is 43.1 Å². The standard InChI is InChI=1S/C18H22ClN5O/c1-3-23-9-11-24(12-10-23)18-20-8-7-16(22-18)17(25)21-15-6-4-5-14(19)13(15)2/h4-8H,3,9-12H2,1-2H3,(H,21,25). The summed E-state index contributed by atoms with van der Waals surface area (Å²) >= 11 is 6.11. The molecule has 25 heavy (non-hydrogen) atoms. The SMILES string of the molecule is CCN1CCN(c2nccc(C(=O)Nc3cccc(Cl)c3C)n2)CC1. The Kier molecular flexibility index (Phi) is 5.50. The fraction of sp³-hybridized carbons (Fsp3) is 0.389. The molecule has 1 aromatic carbocycles. The van der Waals surface area contributed by atoms with Crippen molar-refractivity contribution in [2.45, 2.75) is 13.8 Å². The Morgan fingerprint density at radius 3 is 2.72 bits per heavy atom. The Balaban J connectivity index is 1.73. The minimum Gasteiger partial charge on any atom is -0.338 e. The van der Waals surface area contributed by atoms with E-state index in [9.17, 15) is 4.79 Å². The van der Waals surface area contributed by atoms with Crippen molar-refractivity contribution in [1.82, 2.24) is 14.9 Å². The number of rotatable bonds is 4. The predicted octanol–water partition coefficient (Wildman–Crippen LogP) is 2.83. The Hall–Kier alpha value is -2.18.